The number of carboxylic acids is 2. The first kappa shape index (κ1) is 26.2. The van der Waals surface area contributed by atoms with Gasteiger partial charge in [0.1, 0.15) is 11.5 Å². The number of benzene rings is 2. The number of carbonyl (C=O) groups excluding carboxylic acids is 2. The molecule has 3 rings (SSSR count). The van der Waals surface area contributed by atoms with Gasteiger partial charge in [-0.3, -0.25) is 9.59 Å². The van der Waals surface area contributed by atoms with Crippen LogP contribution in [-0.4, -0.2) is 83.2 Å². The zero-order chi connectivity index (χ0) is 25.1. The Kier molecular flexibility index (Phi) is 9.88. The number of carbonyl (C=O) groups is 4. The van der Waals surface area contributed by atoms with E-state index in [4.69, 9.17) is 29.3 Å². The molecule has 0 radical (unpaired) electrons. The monoisotopic (exact) mass is 472 g/mol. The van der Waals surface area contributed by atoms with Gasteiger partial charge in [0, 0.05) is 26.2 Å². The summed E-state index contributed by atoms with van der Waals surface area (Å²) in [5, 5.41) is 14.8. The lowest BCUT2D eigenvalue weighted by Gasteiger charge is -2.34. The molecule has 1 fully saturated rings. The molecule has 182 valence electrons. The molecule has 2 N–H and O–H groups in total. The number of nitrogens with zero attached hydrogens (tertiary/aromatic N) is 2. The van der Waals surface area contributed by atoms with E-state index < -0.39 is 11.9 Å². The highest BCUT2D eigenvalue weighted by atomic mass is 16.5. The molecular formula is C24H28N2O8. The van der Waals surface area contributed by atoms with Crippen LogP contribution in [0.15, 0.2) is 48.5 Å². The molecule has 1 heterocycles. The van der Waals surface area contributed by atoms with Crippen LogP contribution in [0.5, 0.6) is 11.5 Å². The van der Waals surface area contributed by atoms with Gasteiger partial charge in [-0.05, 0) is 43.7 Å². The number of aliphatic carboxylic acids is 2. The molecule has 1 saturated heterocycles. The maximum Gasteiger partial charge on any atom is 0.414 e. The van der Waals surface area contributed by atoms with Crippen LogP contribution in [0.25, 0.3) is 0 Å². The lowest BCUT2D eigenvalue weighted by Crippen LogP contribution is -2.52. The van der Waals surface area contributed by atoms with E-state index in [2.05, 4.69) is 0 Å². The van der Waals surface area contributed by atoms with E-state index in [9.17, 15) is 9.59 Å². The summed E-state index contributed by atoms with van der Waals surface area (Å²) in [6.45, 7) is 6.02. The largest absolute Gasteiger partial charge is 0.484 e. The molecule has 0 aliphatic carbocycles. The Morgan fingerprint density at radius 3 is 1.62 bits per heavy atom. The summed E-state index contributed by atoms with van der Waals surface area (Å²) in [6.07, 6.45) is 0. The van der Waals surface area contributed by atoms with Crippen LogP contribution in [-0.2, 0) is 19.2 Å². The standard InChI is InChI=1S/C22H26N2O4.C2H2O4/c1-17-6-8-19(9-7-17)27-15-21(25)23-10-12-24(13-11-23)22(26)16-28-20-5-3-4-18(2)14-20;3-1(4)2(5)6/h3-9,14H,10-13,15-16H2,1-2H3;(H,3,4)(H,5,6). The summed E-state index contributed by atoms with van der Waals surface area (Å²) in [5.41, 5.74) is 2.23. The molecule has 1 aliphatic heterocycles. The molecule has 2 aromatic rings. The minimum Gasteiger partial charge on any atom is -0.484 e. The van der Waals surface area contributed by atoms with Crippen LogP contribution < -0.4 is 9.47 Å². The smallest absolute Gasteiger partial charge is 0.414 e. The topological polar surface area (TPSA) is 134 Å². The third-order valence-electron chi connectivity index (χ3n) is 4.90. The number of amides is 2. The van der Waals surface area contributed by atoms with E-state index in [0.717, 1.165) is 11.1 Å². The van der Waals surface area contributed by atoms with Crippen LogP contribution in [0.4, 0.5) is 0 Å². The van der Waals surface area contributed by atoms with Crippen molar-refractivity contribution in [1.29, 1.82) is 0 Å². The van der Waals surface area contributed by atoms with E-state index in [-0.39, 0.29) is 25.0 Å². The van der Waals surface area contributed by atoms with Crippen molar-refractivity contribution in [2.75, 3.05) is 39.4 Å². The summed E-state index contributed by atoms with van der Waals surface area (Å²) in [4.78, 5) is 46.3. The van der Waals surface area contributed by atoms with Gasteiger partial charge in [-0.15, -0.1) is 0 Å². The molecule has 0 bridgehead atoms. The lowest BCUT2D eigenvalue weighted by molar-refractivity contribution is -0.159. The highest BCUT2D eigenvalue weighted by Gasteiger charge is 2.24. The number of rotatable bonds is 6. The van der Waals surface area contributed by atoms with Gasteiger partial charge in [-0.1, -0.05) is 29.8 Å². The quantitative estimate of drug-likeness (QED) is 0.606. The molecule has 2 amide bonds. The highest BCUT2D eigenvalue weighted by molar-refractivity contribution is 6.27. The Labute approximate surface area is 197 Å². The maximum absolute atomic E-state index is 12.3. The highest BCUT2D eigenvalue weighted by Crippen LogP contribution is 2.14. The zero-order valence-corrected chi connectivity index (χ0v) is 19.1. The lowest BCUT2D eigenvalue weighted by atomic mass is 10.2. The van der Waals surface area contributed by atoms with E-state index in [0.29, 0.717) is 37.7 Å². The van der Waals surface area contributed by atoms with Gasteiger partial charge in [0.05, 0.1) is 0 Å². The molecule has 0 aromatic heterocycles. The van der Waals surface area contributed by atoms with Gasteiger partial charge >= 0.3 is 11.9 Å². The van der Waals surface area contributed by atoms with Crippen LogP contribution in [0.1, 0.15) is 11.1 Å². The minimum absolute atomic E-state index is 0.00742. The summed E-state index contributed by atoms with van der Waals surface area (Å²) in [5.74, 6) is -2.41. The van der Waals surface area contributed by atoms with Gasteiger partial charge in [0.15, 0.2) is 13.2 Å². The van der Waals surface area contributed by atoms with E-state index in [1.807, 2.05) is 62.4 Å². The summed E-state index contributed by atoms with van der Waals surface area (Å²) < 4.78 is 11.1. The minimum atomic E-state index is -1.82. The summed E-state index contributed by atoms with van der Waals surface area (Å²) >= 11 is 0. The Bertz CT molecular complexity index is 986. The first-order valence-corrected chi connectivity index (χ1v) is 10.6. The van der Waals surface area contributed by atoms with Crippen molar-refractivity contribution >= 4 is 23.8 Å². The predicted molar refractivity (Wildman–Crippen MR) is 122 cm³/mol. The number of hydrogen-bond acceptors (Lipinski definition) is 6. The number of ether oxygens (including phenoxy) is 2. The fourth-order valence-electron chi connectivity index (χ4n) is 3.02. The Morgan fingerprint density at radius 1 is 0.706 bits per heavy atom. The van der Waals surface area contributed by atoms with Gasteiger partial charge in [0.2, 0.25) is 0 Å². The Hall–Kier alpha value is -4.08. The Balaban J connectivity index is 0.000000604. The third-order valence-corrected chi connectivity index (χ3v) is 4.90. The predicted octanol–water partition coefficient (Wildman–Crippen LogP) is 1.59. The van der Waals surface area contributed by atoms with Crippen molar-refractivity contribution in [2.45, 2.75) is 13.8 Å². The first-order chi connectivity index (χ1) is 16.2. The second-order valence-electron chi connectivity index (χ2n) is 7.58. The molecule has 10 nitrogen and oxygen atoms in total. The molecule has 2 aromatic carbocycles. The second kappa shape index (κ2) is 12.8. The number of hydrogen-bond donors (Lipinski definition) is 2. The molecule has 0 unspecified atom stereocenters. The number of aryl methyl sites for hydroxylation is 2. The maximum atomic E-state index is 12.3. The molecular weight excluding hydrogens is 444 g/mol. The fourth-order valence-corrected chi connectivity index (χ4v) is 3.02. The van der Waals surface area contributed by atoms with Gasteiger partial charge < -0.3 is 29.5 Å². The van der Waals surface area contributed by atoms with Gasteiger partial charge in [-0.25, -0.2) is 9.59 Å². The van der Waals surface area contributed by atoms with Crippen molar-refractivity contribution in [3.05, 3.63) is 59.7 Å². The third kappa shape index (κ3) is 8.81. The molecule has 0 saturated carbocycles. The van der Waals surface area contributed by atoms with Crippen molar-refractivity contribution in [3.63, 3.8) is 0 Å². The van der Waals surface area contributed by atoms with Gasteiger partial charge in [-0.2, -0.15) is 0 Å². The SMILES string of the molecule is Cc1ccc(OCC(=O)N2CCN(C(=O)COc3cccc(C)c3)CC2)cc1.O=C(O)C(=O)O. The van der Waals surface area contributed by atoms with Crippen LogP contribution >= 0.6 is 0 Å². The molecule has 34 heavy (non-hydrogen) atoms. The van der Waals surface area contributed by atoms with Crippen LogP contribution in [0, 0.1) is 13.8 Å². The normalized spacial score (nSPS) is 12.8. The van der Waals surface area contributed by atoms with Crippen molar-refractivity contribution in [3.8, 4) is 11.5 Å². The fraction of sp³-hybridized carbons (Fsp3) is 0.333. The zero-order valence-electron chi connectivity index (χ0n) is 19.1. The molecule has 10 heteroatoms. The van der Waals surface area contributed by atoms with E-state index >= 15 is 0 Å². The van der Waals surface area contributed by atoms with E-state index in [1.54, 1.807) is 9.80 Å². The average Bonchev–Trinajstić information content (AvgIpc) is 2.82. The molecule has 1 aliphatic rings. The Morgan fingerprint density at radius 2 is 1.18 bits per heavy atom. The second-order valence-corrected chi connectivity index (χ2v) is 7.58. The number of carboxylic acid groups (broad SMARTS) is 2. The van der Waals surface area contributed by atoms with Crippen LogP contribution in [0.3, 0.4) is 0 Å². The molecule has 0 spiro atoms. The van der Waals surface area contributed by atoms with Crippen molar-refractivity contribution in [2.24, 2.45) is 0 Å². The van der Waals surface area contributed by atoms with Crippen molar-refractivity contribution in [1.82, 2.24) is 9.80 Å². The van der Waals surface area contributed by atoms with Crippen molar-refractivity contribution < 1.29 is 38.9 Å². The summed E-state index contributed by atoms with van der Waals surface area (Å²) in [7, 11) is 0. The van der Waals surface area contributed by atoms with Gasteiger partial charge in [0.25, 0.3) is 11.8 Å². The first-order valence-electron chi connectivity index (χ1n) is 10.6. The summed E-state index contributed by atoms with van der Waals surface area (Å²) in [6, 6.07) is 15.2. The van der Waals surface area contributed by atoms with E-state index in [1.165, 1.54) is 0 Å². The molecule has 0 atom stereocenters. The van der Waals surface area contributed by atoms with Crippen LogP contribution in [0.2, 0.25) is 0 Å². The number of piperazine rings is 1. The average molecular weight is 472 g/mol.